The van der Waals surface area contributed by atoms with E-state index < -0.39 is 5.60 Å². The minimum atomic E-state index is -0.817. The van der Waals surface area contributed by atoms with Crippen LogP contribution in [0.3, 0.4) is 0 Å². The molecule has 392 valence electrons. The summed E-state index contributed by atoms with van der Waals surface area (Å²) in [6.45, 7) is 2.09. The fourth-order valence-electron chi connectivity index (χ4n) is 8.91. The summed E-state index contributed by atoms with van der Waals surface area (Å²) in [5, 5.41) is 24.5. The lowest BCUT2D eigenvalue weighted by atomic mass is 9.80. The van der Waals surface area contributed by atoms with E-state index in [1.807, 2.05) is 146 Å². The fraction of sp³-hybridized carbons (Fsp3) is 0.242. The Morgan fingerprint density at radius 1 is 0.434 bits per heavy atom. The van der Waals surface area contributed by atoms with Crippen molar-refractivity contribution in [2.24, 2.45) is 0 Å². The van der Waals surface area contributed by atoms with Crippen LogP contribution in [-0.2, 0) is 61.7 Å². The molecule has 8 aromatic carbocycles. The van der Waals surface area contributed by atoms with Gasteiger partial charge >= 0.3 is 0 Å². The number of rotatable bonds is 28. The molecule has 0 saturated carbocycles. The van der Waals surface area contributed by atoms with Crippen LogP contribution in [0.15, 0.2) is 231 Å². The second kappa shape index (κ2) is 31.1. The molecule has 8 rings (SSSR count). The monoisotopic (exact) mass is 1020 g/mol. The molecule has 0 aromatic heterocycles. The summed E-state index contributed by atoms with van der Waals surface area (Å²) < 4.78 is 24.6. The maximum absolute atomic E-state index is 13.2. The Balaban J connectivity index is 0.000000282. The first-order valence-corrected chi connectivity index (χ1v) is 26.1. The molecule has 0 heterocycles. The van der Waals surface area contributed by atoms with Gasteiger partial charge in [-0.1, -0.05) is 206 Å². The molecular weight excluding hydrogens is 949 g/mol. The number of carbonyl (C=O) groups is 2. The predicted molar refractivity (Wildman–Crippen MR) is 300 cm³/mol. The number of aromatic hydroxyl groups is 1. The van der Waals surface area contributed by atoms with Crippen molar-refractivity contribution in [2.75, 3.05) is 39.6 Å². The lowest BCUT2D eigenvalue weighted by Crippen LogP contribution is -2.40. The highest BCUT2D eigenvalue weighted by Gasteiger charge is 2.37. The van der Waals surface area contributed by atoms with E-state index in [2.05, 4.69) is 83.4 Å². The Labute approximate surface area is 448 Å². The second-order valence-corrected chi connectivity index (χ2v) is 18.5. The van der Waals surface area contributed by atoms with Gasteiger partial charge in [-0.25, -0.2) is 0 Å². The van der Waals surface area contributed by atoms with Crippen LogP contribution >= 0.6 is 0 Å². The van der Waals surface area contributed by atoms with E-state index in [9.17, 15) is 14.7 Å². The summed E-state index contributed by atoms with van der Waals surface area (Å²) in [6.07, 6.45) is 3.42. The maximum atomic E-state index is 13.2. The third-order valence-electron chi connectivity index (χ3n) is 12.7. The van der Waals surface area contributed by atoms with Gasteiger partial charge < -0.3 is 39.8 Å². The van der Waals surface area contributed by atoms with Gasteiger partial charge in [-0.05, 0) is 94.5 Å². The predicted octanol–water partition coefficient (Wildman–Crippen LogP) is 11.0. The van der Waals surface area contributed by atoms with Gasteiger partial charge in [0.1, 0.15) is 23.7 Å². The zero-order chi connectivity index (χ0) is 52.9. The molecule has 2 amide bonds. The Morgan fingerprint density at radius 2 is 0.816 bits per heavy atom. The summed E-state index contributed by atoms with van der Waals surface area (Å²) in [6, 6.07) is 75.7. The lowest BCUT2D eigenvalue weighted by molar-refractivity contribution is -0.123. The number of aliphatic hydroxyl groups is 1. The van der Waals surface area contributed by atoms with Crippen molar-refractivity contribution in [3.05, 3.63) is 275 Å². The number of aryl methyl sites for hydroxylation is 2. The quantitative estimate of drug-likeness (QED) is 0.0281. The molecule has 4 N–H and O–H groups in total. The van der Waals surface area contributed by atoms with Crippen LogP contribution < -0.4 is 15.4 Å². The third kappa shape index (κ3) is 18.5. The maximum Gasteiger partial charge on any atom is 0.220 e. The standard InChI is InChI=1S/C46H45NO4.C20H25NO4/c48-45(31-28-37-16-6-1-7-17-37)47-43(34-38-26-29-44(30-27-38)50-35-39-18-8-2-9-19-39)36-49-32-33-51-46(40-20-10-3-11-21-40,41-22-12-4-13-23-41)42-24-14-5-15-25-42;22-12-13-25-15-18(14-17-6-9-19(23)10-7-17)21-20(24)11-8-16-4-2-1-3-5-16/h1-27,29-30,43H,28,31-36H2,(H,47,48);1-7,9-10,18,22-23H,8,11-15H2,(H,21,24)/t;18-/m.0/s1. The van der Waals surface area contributed by atoms with Crippen LogP contribution in [0.5, 0.6) is 11.5 Å². The first kappa shape index (κ1) is 55.9. The van der Waals surface area contributed by atoms with Gasteiger partial charge in [0.25, 0.3) is 0 Å². The van der Waals surface area contributed by atoms with Crippen LogP contribution in [0, 0.1) is 0 Å². The molecule has 0 radical (unpaired) electrons. The number of phenols is 1. The molecule has 0 spiro atoms. The summed E-state index contributed by atoms with van der Waals surface area (Å²) in [4.78, 5) is 25.4. The summed E-state index contributed by atoms with van der Waals surface area (Å²) >= 11 is 0. The smallest absolute Gasteiger partial charge is 0.220 e. The lowest BCUT2D eigenvalue weighted by Gasteiger charge is -2.36. The van der Waals surface area contributed by atoms with Gasteiger partial charge in [0.05, 0.1) is 51.7 Å². The van der Waals surface area contributed by atoms with E-state index in [1.165, 1.54) is 0 Å². The van der Waals surface area contributed by atoms with Gasteiger partial charge in [-0.2, -0.15) is 0 Å². The Kier molecular flexibility index (Phi) is 22.9. The van der Waals surface area contributed by atoms with Crippen LogP contribution in [0.2, 0.25) is 0 Å². The molecule has 8 aromatic rings. The minimum absolute atomic E-state index is 0.00256. The molecular formula is C66H70N2O8. The molecule has 10 heteroatoms. The third-order valence-corrected chi connectivity index (χ3v) is 12.7. The number of hydrogen-bond donors (Lipinski definition) is 4. The van der Waals surface area contributed by atoms with Crippen LogP contribution in [0.25, 0.3) is 0 Å². The van der Waals surface area contributed by atoms with Crippen molar-refractivity contribution >= 4 is 11.8 Å². The molecule has 0 aliphatic rings. The van der Waals surface area contributed by atoms with Gasteiger partial charge in [-0.15, -0.1) is 0 Å². The minimum Gasteiger partial charge on any atom is -0.508 e. The van der Waals surface area contributed by atoms with Gasteiger partial charge in [0, 0.05) is 12.8 Å². The summed E-state index contributed by atoms with van der Waals surface area (Å²) in [5.41, 5.74) is 7.79. The number of benzene rings is 8. The van der Waals surface area contributed by atoms with E-state index in [1.54, 1.807) is 12.1 Å². The SMILES string of the molecule is O=C(CCc1ccccc1)NC(COCCOC(c1ccccc1)(c1ccccc1)c1ccccc1)Cc1ccc(OCc2ccccc2)cc1.O=C(CCc1ccccc1)N[C@H](COCCO)Cc1ccc(O)cc1. The van der Waals surface area contributed by atoms with Gasteiger partial charge in [0.2, 0.25) is 11.8 Å². The molecule has 0 saturated heterocycles. The topological polar surface area (TPSA) is 136 Å². The van der Waals surface area contributed by atoms with Crippen LogP contribution in [-0.4, -0.2) is 73.8 Å². The number of nitrogens with one attached hydrogen (secondary N) is 2. The van der Waals surface area contributed by atoms with E-state index in [0.717, 1.165) is 50.3 Å². The Hall–Kier alpha value is -7.86. The fourth-order valence-corrected chi connectivity index (χ4v) is 8.91. The average Bonchev–Trinajstić information content (AvgIpc) is 3.47. The number of ether oxygens (including phenoxy) is 4. The van der Waals surface area contributed by atoms with E-state index in [-0.39, 0.29) is 42.9 Å². The first-order valence-electron chi connectivity index (χ1n) is 26.1. The van der Waals surface area contributed by atoms with E-state index in [0.29, 0.717) is 71.6 Å². The Bertz CT molecular complexity index is 2740. The zero-order valence-electron chi connectivity index (χ0n) is 43.1. The van der Waals surface area contributed by atoms with Crippen molar-refractivity contribution in [1.82, 2.24) is 10.6 Å². The van der Waals surface area contributed by atoms with Crippen molar-refractivity contribution in [2.45, 2.75) is 62.8 Å². The molecule has 0 fully saturated rings. The number of phenolic OH excluding ortho intramolecular Hbond substituents is 1. The number of aliphatic hydroxyl groups excluding tert-OH is 1. The molecule has 0 aliphatic carbocycles. The van der Waals surface area contributed by atoms with Crippen LogP contribution in [0.4, 0.5) is 0 Å². The first-order chi connectivity index (χ1) is 37.4. The highest BCUT2D eigenvalue weighted by molar-refractivity contribution is 5.77. The van der Waals surface area contributed by atoms with Gasteiger partial charge in [-0.3, -0.25) is 9.59 Å². The zero-order valence-corrected chi connectivity index (χ0v) is 43.1. The molecule has 10 nitrogen and oxygen atoms in total. The average molecular weight is 1020 g/mol. The molecule has 2 atom stereocenters. The van der Waals surface area contributed by atoms with E-state index >= 15 is 0 Å². The molecule has 76 heavy (non-hydrogen) atoms. The van der Waals surface area contributed by atoms with E-state index in [4.69, 9.17) is 24.1 Å². The second-order valence-electron chi connectivity index (χ2n) is 18.5. The van der Waals surface area contributed by atoms with Gasteiger partial charge in [0.15, 0.2) is 0 Å². The number of hydrogen-bond acceptors (Lipinski definition) is 8. The summed E-state index contributed by atoms with van der Waals surface area (Å²) in [7, 11) is 0. The number of carbonyl (C=O) groups excluding carboxylic acids is 2. The van der Waals surface area contributed by atoms with Crippen LogP contribution in [0.1, 0.15) is 57.3 Å². The summed E-state index contributed by atoms with van der Waals surface area (Å²) in [5.74, 6) is 0.991. The highest BCUT2D eigenvalue weighted by Crippen LogP contribution is 2.40. The highest BCUT2D eigenvalue weighted by atomic mass is 16.5. The largest absolute Gasteiger partial charge is 0.508 e. The van der Waals surface area contributed by atoms with Crippen molar-refractivity contribution in [3.8, 4) is 11.5 Å². The Morgan fingerprint density at radius 3 is 1.24 bits per heavy atom. The molecule has 0 bridgehead atoms. The molecule has 0 aliphatic heterocycles. The van der Waals surface area contributed by atoms with Crippen molar-refractivity contribution in [1.29, 1.82) is 0 Å². The molecule has 1 unspecified atom stereocenters. The number of amides is 2. The van der Waals surface area contributed by atoms with Crippen molar-refractivity contribution < 1.29 is 38.7 Å². The normalized spacial score (nSPS) is 11.9. The van der Waals surface area contributed by atoms with Crippen molar-refractivity contribution in [3.63, 3.8) is 0 Å².